The smallest absolute Gasteiger partial charge is 0.231 e. The van der Waals surface area contributed by atoms with Gasteiger partial charge in [-0.3, -0.25) is 0 Å². The Kier molecular flexibility index (Phi) is 7.25. The summed E-state index contributed by atoms with van der Waals surface area (Å²) in [6.45, 7) is 5.85. The van der Waals surface area contributed by atoms with Gasteiger partial charge in [0.25, 0.3) is 0 Å². The summed E-state index contributed by atoms with van der Waals surface area (Å²) in [6, 6.07) is 10.3. The van der Waals surface area contributed by atoms with Gasteiger partial charge in [0.1, 0.15) is 5.82 Å². The second-order valence-corrected chi connectivity index (χ2v) is 9.29. The summed E-state index contributed by atoms with van der Waals surface area (Å²) in [6.07, 6.45) is 5.99. The van der Waals surface area contributed by atoms with E-state index in [1.807, 2.05) is 25.1 Å². The van der Waals surface area contributed by atoms with Crippen LogP contribution in [0.1, 0.15) is 43.4 Å². The van der Waals surface area contributed by atoms with Crippen molar-refractivity contribution in [2.75, 3.05) is 43.1 Å². The van der Waals surface area contributed by atoms with Crippen LogP contribution >= 0.6 is 23.8 Å². The third kappa shape index (κ3) is 5.64. The molecule has 31 heavy (non-hydrogen) atoms. The van der Waals surface area contributed by atoms with Gasteiger partial charge < -0.3 is 20.3 Å². The molecule has 6 nitrogen and oxygen atoms in total. The summed E-state index contributed by atoms with van der Waals surface area (Å²) in [5.41, 5.74) is 2.24. The van der Waals surface area contributed by atoms with Gasteiger partial charge in [0.05, 0.1) is 13.2 Å². The molecular formula is C23H30ClN5OS. The number of halogens is 1. The van der Waals surface area contributed by atoms with Crippen molar-refractivity contribution in [3.05, 3.63) is 46.6 Å². The van der Waals surface area contributed by atoms with Gasteiger partial charge in [-0.1, -0.05) is 43.0 Å². The third-order valence-corrected chi connectivity index (χ3v) is 6.72. The molecule has 0 atom stereocenters. The Morgan fingerprint density at radius 1 is 1.16 bits per heavy atom. The summed E-state index contributed by atoms with van der Waals surface area (Å²) >= 11 is 11.9. The van der Waals surface area contributed by atoms with Crippen LogP contribution in [0.4, 0.5) is 11.8 Å². The number of rotatable bonds is 5. The van der Waals surface area contributed by atoms with Crippen LogP contribution in [0.5, 0.6) is 0 Å². The highest BCUT2D eigenvalue weighted by molar-refractivity contribution is 7.80. The summed E-state index contributed by atoms with van der Waals surface area (Å²) in [5.74, 6) is 1.43. The van der Waals surface area contributed by atoms with Crippen LogP contribution in [0.2, 0.25) is 5.02 Å². The number of aromatic nitrogens is 2. The van der Waals surface area contributed by atoms with Gasteiger partial charge in [0.15, 0.2) is 5.11 Å². The Morgan fingerprint density at radius 2 is 1.94 bits per heavy atom. The van der Waals surface area contributed by atoms with Crippen LogP contribution in [-0.4, -0.2) is 47.9 Å². The van der Waals surface area contributed by atoms with Crippen LogP contribution in [0.3, 0.4) is 0 Å². The molecule has 0 unspecified atom stereocenters. The predicted molar refractivity (Wildman–Crippen MR) is 130 cm³/mol. The number of aryl methyl sites for hydroxylation is 1. The molecule has 0 bridgehead atoms. The standard InChI is InChI=1S/C23H30ClN5OS/c1-17-14-20(29-10-12-30-13-11-29)27-21(26-17)28-22(31)25-16-23(8-3-2-4-9-23)18-6-5-7-19(24)15-18/h5-7,14-15H,2-4,8-13,16H2,1H3,(H2,25,26,27,28,31). The van der Waals surface area contributed by atoms with Crippen molar-refractivity contribution in [2.45, 2.75) is 44.4 Å². The van der Waals surface area contributed by atoms with Gasteiger partial charge in [0, 0.05) is 41.8 Å². The number of ether oxygens (including phenoxy) is 1. The van der Waals surface area contributed by atoms with Gasteiger partial charge in [-0.25, -0.2) is 4.98 Å². The summed E-state index contributed by atoms with van der Waals surface area (Å²) in [7, 11) is 0. The lowest BCUT2D eigenvalue weighted by molar-refractivity contribution is 0.122. The highest BCUT2D eigenvalue weighted by Gasteiger charge is 2.34. The van der Waals surface area contributed by atoms with Crippen molar-refractivity contribution in [3.8, 4) is 0 Å². The maximum Gasteiger partial charge on any atom is 0.231 e. The maximum absolute atomic E-state index is 6.30. The number of nitrogens with zero attached hydrogens (tertiary/aromatic N) is 3. The first-order valence-corrected chi connectivity index (χ1v) is 11.8. The molecule has 2 fully saturated rings. The van der Waals surface area contributed by atoms with Gasteiger partial charge >= 0.3 is 0 Å². The van der Waals surface area contributed by atoms with Crippen LogP contribution in [-0.2, 0) is 10.2 Å². The fraction of sp³-hybridized carbons (Fsp3) is 0.522. The number of anilines is 2. The minimum absolute atomic E-state index is 0.0430. The van der Waals surface area contributed by atoms with Crippen molar-refractivity contribution in [1.82, 2.24) is 15.3 Å². The first-order chi connectivity index (χ1) is 15.0. The molecule has 1 aliphatic heterocycles. The second-order valence-electron chi connectivity index (χ2n) is 8.45. The number of nitrogens with one attached hydrogen (secondary N) is 2. The van der Waals surface area contributed by atoms with E-state index in [1.54, 1.807) is 0 Å². The quantitative estimate of drug-likeness (QED) is 0.640. The Labute approximate surface area is 194 Å². The van der Waals surface area contributed by atoms with E-state index >= 15 is 0 Å². The Balaban J connectivity index is 1.43. The SMILES string of the molecule is Cc1cc(N2CCOCC2)nc(NC(=S)NCC2(c3cccc(Cl)c3)CCCCC2)n1. The number of benzene rings is 1. The Hall–Kier alpha value is -1.96. The largest absolute Gasteiger partial charge is 0.378 e. The fourth-order valence-corrected chi connectivity index (χ4v) is 4.93. The highest BCUT2D eigenvalue weighted by atomic mass is 35.5. The van der Waals surface area contributed by atoms with Crippen LogP contribution < -0.4 is 15.5 Å². The fourth-order valence-electron chi connectivity index (χ4n) is 4.57. The van der Waals surface area contributed by atoms with Gasteiger partial charge in [-0.2, -0.15) is 4.98 Å². The molecule has 1 saturated carbocycles. The first kappa shape index (κ1) is 22.2. The molecule has 2 aromatic rings. The van der Waals surface area contributed by atoms with Crippen molar-refractivity contribution < 1.29 is 4.74 Å². The molecule has 1 aromatic heterocycles. The van der Waals surface area contributed by atoms with E-state index in [0.717, 1.165) is 62.2 Å². The van der Waals surface area contributed by atoms with Gasteiger partial charge in [-0.05, 0) is 49.7 Å². The van der Waals surface area contributed by atoms with Crippen molar-refractivity contribution in [1.29, 1.82) is 0 Å². The molecule has 0 amide bonds. The van der Waals surface area contributed by atoms with Crippen LogP contribution in [0.25, 0.3) is 0 Å². The molecule has 2 N–H and O–H groups in total. The second kappa shape index (κ2) is 10.1. The van der Waals surface area contributed by atoms with E-state index in [2.05, 4.69) is 37.6 Å². The molecule has 8 heteroatoms. The first-order valence-electron chi connectivity index (χ1n) is 11.0. The zero-order valence-corrected chi connectivity index (χ0v) is 19.6. The lowest BCUT2D eigenvalue weighted by Gasteiger charge is -2.38. The predicted octanol–water partition coefficient (Wildman–Crippen LogP) is 4.46. The summed E-state index contributed by atoms with van der Waals surface area (Å²) in [5, 5.41) is 7.97. The van der Waals surface area contributed by atoms with Crippen molar-refractivity contribution >= 4 is 40.7 Å². The topological polar surface area (TPSA) is 62.3 Å². The zero-order valence-electron chi connectivity index (χ0n) is 18.0. The molecule has 4 rings (SSSR count). The Bertz CT molecular complexity index is 913. The zero-order chi connectivity index (χ0) is 21.7. The number of morpholine rings is 1. The van der Waals surface area contributed by atoms with E-state index in [1.165, 1.54) is 24.8 Å². The normalized spacial score (nSPS) is 18.5. The van der Waals surface area contributed by atoms with Crippen LogP contribution in [0, 0.1) is 6.92 Å². The van der Waals surface area contributed by atoms with E-state index in [-0.39, 0.29) is 5.41 Å². The number of thiocarbonyl (C=S) groups is 1. The van der Waals surface area contributed by atoms with Gasteiger partial charge in [0.2, 0.25) is 5.95 Å². The van der Waals surface area contributed by atoms with E-state index in [4.69, 9.17) is 28.6 Å². The molecular weight excluding hydrogens is 430 g/mol. The molecule has 1 aromatic carbocycles. The monoisotopic (exact) mass is 459 g/mol. The maximum atomic E-state index is 6.30. The van der Waals surface area contributed by atoms with E-state index in [0.29, 0.717) is 11.1 Å². The molecule has 1 aliphatic carbocycles. The molecule has 2 heterocycles. The Morgan fingerprint density at radius 3 is 2.68 bits per heavy atom. The minimum Gasteiger partial charge on any atom is -0.378 e. The molecule has 2 aliphatic rings. The molecule has 0 radical (unpaired) electrons. The summed E-state index contributed by atoms with van der Waals surface area (Å²) in [4.78, 5) is 11.4. The number of hydrogen-bond acceptors (Lipinski definition) is 5. The number of hydrogen-bond donors (Lipinski definition) is 2. The molecule has 166 valence electrons. The van der Waals surface area contributed by atoms with Gasteiger partial charge in [-0.15, -0.1) is 0 Å². The molecule has 1 saturated heterocycles. The van der Waals surface area contributed by atoms with Crippen molar-refractivity contribution in [3.63, 3.8) is 0 Å². The molecule has 0 spiro atoms. The van der Waals surface area contributed by atoms with E-state index < -0.39 is 0 Å². The average molecular weight is 460 g/mol. The van der Waals surface area contributed by atoms with E-state index in [9.17, 15) is 0 Å². The average Bonchev–Trinajstić information content (AvgIpc) is 2.78. The summed E-state index contributed by atoms with van der Waals surface area (Å²) < 4.78 is 5.45. The van der Waals surface area contributed by atoms with Crippen LogP contribution in [0.15, 0.2) is 30.3 Å². The third-order valence-electron chi connectivity index (χ3n) is 6.24. The lowest BCUT2D eigenvalue weighted by atomic mass is 9.69. The lowest BCUT2D eigenvalue weighted by Crippen LogP contribution is -2.43. The minimum atomic E-state index is 0.0430. The van der Waals surface area contributed by atoms with Crippen molar-refractivity contribution in [2.24, 2.45) is 0 Å². The highest BCUT2D eigenvalue weighted by Crippen LogP contribution is 2.39.